The molecule has 0 saturated carbocycles. The first-order valence-corrected chi connectivity index (χ1v) is 10.9. The molecule has 0 N–H and O–H groups in total. The lowest BCUT2D eigenvalue weighted by Crippen LogP contribution is -2.33. The average molecular weight is 461 g/mol. The minimum atomic E-state index is -4.47. The van der Waals surface area contributed by atoms with Gasteiger partial charge in [0.15, 0.2) is 0 Å². The molecule has 11 heteroatoms. The van der Waals surface area contributed by atoms with Crippen molar-refractivity contribution in [3.8, 4) is 11.3 Å². The van der Waals surface area contributed by atoms with Crippen LogP contribution >= 0.6 is 11.3 Å². The van der Waals surface area contributed by atoms with Crippen molar-refractivity contribution in [2.45, 2.75) is 19.1 Å². The normalized spacial score (nSPS) is 15.4. The number of hydrogen-bond donors (Lipinski definition) is 0. The molecule has 0 atom stereocenters. The molecule has 0 radical (unpaired) electrons. The summed E-state index contributed by atoms with van der Waals surface area (Å²) in [6.07, 6.45) is 1.01. The minimum Gasteiger partial charge on any atom is -0.380 e. The molecule has 5 rings (SSSR count). The number of rotatable bonds is 3. The number of aromatic nitrogens is 4. The highest BCUT2D eigenvalue weighted by molar-refractivity contribution is 7.17. The quantitative estimate of drug-likeness (QED) is 0.459. The zero-order valence-corrected chi connectivity index (χ0v) is 17.6. The first-order chi connectivity index (χ1) is 15.4. The molecule has 4 aromatic rings. The second-order valence-corrected chi connectivity index (χ2v) is 8.40. The summed E-state index contributed by atoms with van der Waals surface area (Å²) >= 11 is 1.44. The maximum absolute atomic E-state index is 13.3. The van der Waals surface area contributed by atoms with Crippen molar-refractivity contribution in [2.24, 2.45) is 0 Å². The number of thiophene rings is 1. The summed E-state index contributed by atoms with van der Waals surface area (Å²) in [5, 5.41) is 7.46. The molecule has 32 heavy (non-hydrogen) atoms. The van der Waals surface area contributed by atoms with Crippen molar-refractivity contribution in [2.75, 3.05) is 26.3 Å². The Hall–Kier alpha value is -3.05. The van der Waals surface area contributed by atoms with Crippen molar-refractivity contribution in [1.82, 2.24) is 24.6 Å². The lowest BCUT2D eigenvalue weighted by molar-refractivity contribution is -0.141. The van der Waals surface area contributed by atoms with Crippen LogP contribution in [0, 0.1) is 0 Å². The highest BCUT2D eigenvalue weighted by Crippen LogP contribution is 2.37. The van der Waals surface area contributed by atoms with E-state index in [1.807, 2.05) is 11.4 Å². The Labute approximate surface area is 184 Å². The van der Waals surface area contributed by atoms with E-state index < -0.39 is 12.7 Å². The predicted molar refractivity (Wildman–Crippen MR) is 114 cm³/mol. The van der Waals surface area contributed by atoms with Gasteiger partial charge in [0.05, 0.1) is 16.8 Å². The van der Waals surface area contributed by atoms with E-state index in [-0.39, 0.29) is 17.1 Å². The van der Waals surface area contributed by atoms with E-state index in [0.29, 0.717) is 49.4 Å². The molecule has 166 valence electrons. The summed E-state index contributed by atoms with van der Waals surface area (Å²) in [5.41, 5.74) is 1.42. The summed E-state index contributed by atoms with van der Waals surface area (Å²) in [7, 11) is 0. The Morgan fingerprint density at radius 1 is 1.19 bits per heavy atom. The van der Waals surface area contributed by atoms with Gasteiger partial charge in [-0.1, -0.05) is 0 Å². The van der Waals surface area contributed by atoms with Gasteiger partial charge in [-0.2, -0.15) is 18.3 Å². The second-order valence-electron chi connectivity index (χ2n) is 7.49. The van der Waals surface area contributed by atoms with Gasteiger partial charge in [0, 0.05) is 60.0 Å². The number of alkyl halides is 3. The largest absolute Gasteiger partial charge is 0.408 e. The molecule has 0 aromatic carbocycles. The predicted octanol–water partition coefficient (Wildman–Crippen LogP) is 4.13. The lowest BCUT2D eigenvalue weighted by atomic mass is 10.1. The number of nitrogens with zero attached hydrogens (tertiary/aromatic N) is 5. The van der Waals surface area contributed by atoms with E-state index in [2.05, 4.69) is 15.1 Å². The smallest absolute Gasteiger partial charge is 0.380 e. The van der Waals surface area contributed by atoms with E-state index in [1.165, 1.54) is 23.6 Å². The molecule has 1 aliphatic heterocycles. The number of carbonyl (C=O) groups excluding carboxylic acids is 1. The molecule has 1 aliphatic rings. The van der Waals surface area contributed by atoms with Gasteiger partial charge in [0.1, 0.15) is 17.9 Å². The maximum atomic E-state index is 13.3. The van der Waals surface area contributed by atoms with Crippen molar-refractivity contribution in [3.63, 3.8) is 0 Å². The van der Waals surface area contributed by atoms with Crippen molar-refractivity contribution in [3.05, 3.63) is 41.8 Å². The third-order valence-electron chi connectivity index (χ3n) is 5.33. The van der Waals surface area contributed by atoms with E-state index >= 15 is 0 Å². The number of carbonyl (C=O) groups is 1. The van der Waals surface area contributed by atoms with Crippen LogP contribution in [0.5, 0.6) is 0 Å². The van der Waals surface area contributed by atoms with Gasteiger partial charge in [0.2, 0.25) is 0 Å². The van der Waals surface area contributed by atoms with Crippen molar-refractivity contribution >= 4 is 38.2 Å². The van der Waals surface area contributed by atoms with Gasteiger partial charge < -0.3 is 9.64 Å². The highest BCUT2D eigenvalue weighted by Gasteiger charge is 2.31. The molecule has 4 aromatic heterocycles. The van der Waals surface area contributed by atoms with Crippen LogP contribution in [-0.2, 0) is 11.3 Å². The number of hydrogen-bond acceptors (Lipinski definition) is 6. The van der Waals surface area contributed by atoms with Crippen LogP contribution in [0.3, 0.4) is 0 Å². The monoisotopic (exact) mass is 461 g/mol. The molecule has 1 saturated heterocycles. The van der Waals surface area contributed by atoms with Gasteiger partial charge in [-0.15, -0.1) is 11.3 Å². The zero-order valence-electron chi connectivity index (χ0n) is 16.8. The first kappa shape index (κ1) is 20.8. The topological polar surface area (TPSA) is 73.1 Å². The lowest BCUT2D eigenvalue weighted by Gasteiger charge is -2.19. The molecule has 1 amide bonds. The Bertz CT molecular complexity index is 1290. The van der Waals surface area contributed by atoms with Gasteiger partial charge in [0.25, 0.3) is 5.91 Å². The van der Waals surface area contributed by atoms with Gasteiger partial charge >= 0.3 is 6.18 Å². The Balaban J connectivity index is 1.62. The van der Waals surface area contributed by atoms with Crippen molar-refractivity contribution < 1.29 is 22.7 Å². The number of amides is 1. The van der Waals surface area contributed by atoms with E-state index in [0.717, 1.165) is 14.8 Å². The molecular weight excluding hydrogens is 443 g/mol. The third kappa shape index (κ3) is 3.93. The Morgan fingerprint density at radius 2 is 2.06 bits per heavy atom. The average Bonchev–Trinajstić information content (AvgIpc) is 3.21. The van der Waals surface area contributed by atoms with E-state index in [4.69, 9.17) is 4.74 Å². The van der Waals surface area contributed by atoms with Crippen LogP contribution in [0.25, 0.3) is 32.2 Å². The number of pyridine rings is 2. The molecule has 0 aliphatic carbocycles. The van der Waals surface area contributed by atoms with Crippen LogP contribution in [0.4, 0.5) is 13.2 Å². The van der Waals surface area contributed by atoms with Crippen molar-refractivity contribution in [1.29, 1.82) is 0 Å². The first-order valence-electron chi connectivity index (χ1n) is 10.0. The molecule has 7 nitrogen and oxygen atoms in total. The van der Waals surface area contributed by atoms with Gasteiger partial charge in [-0.3, -0.25) is 19.4 Å². The molecule has 1 fully saturated rings. The zero-order chi connectivity index (χ0) is 22.3. The molecule has 0 bridgehead atoms. The summed E-state index contributed by atoms with van der Waals surface area (Å²) < 4.78 is 47.1. The van der Waals surface area contributed by atoms with Crippen LogP contribution < -0.4 is 0 Å². The summed E-state index contributed by atoms with van der Waals surface area (Å²) in [6, 6.07) is 3.21. The Morgan fingerprint density at radius 3 is 2.91 bits per heavy atom. The Kier molecular flexibility index (Phi) is 5.30. The third-order valence-corrected chi connectivity index (χ3v) is 6.26. The number of ether oxygens (including phenoxy) is 1. The fraction of sp³-hybridized carbons (Fsp3) is 0.333. The standard InChI is InChI=1S/C21H18F3N5O2S/c22-21(23,24)12-29-17-8-16(20(30)28-4-1-6-31-7-5-28)26-9-14(17)19(27-29)15-11-32-18-10-25-3-2-13(15)18/h2-3,8-11H,1,4-7,12H2. The minimum absolute atomic E-state index is 0.0913. The second kappa shape index (κ2) is 8.14. The molecule has 5 heterocycles. The molecule has 0 spiro atoms. The van der Waals surface area contributed by atoms with Crippen LogP contribution in [0.1, 0.15) is 16.9 Å². The summed E-state index contributed by atoms with van der Waals surface area (Å²) in [4.78, 5) is 23.0. The summed E-state index contributed by atoms with van der Waals surface area (Å²) in [6.45, 7) is 0.662. The van der Waals surface area contributed by atoms with Crippen LogP contribution in [0.15, 0.2) is 36.1 Å². The van der Waals surface area contributed by atoms with Crippen LogP contribution in [0.2, 0.25) is 0 Å². The fourth-order valence-corrected chi connectivity index (χ4v) is 4.76. The maximum Gasteiger partial charge on any atom is 0.408 e. The fourth-order valence-electron chi connectivity index (χ4n) is 3.85. The van der Waals surface area contributed by atoms with E-state index in [1.54, 1.807) is 17.3 Å². The molecule has 0 unspecified atom stereocenters. The summed E-state index contributed by atoms with van der Waals surface area (Å²) in [5.74, 6) is -0.328. The van der Waals surface area contributed by atoms with Gasteiger partial charge in [-0.25, -0.2) is 0 Å². The highest BCUT2D eigenvalue weighted by atomic mass is 32.1. The molecular formula is C21H18F3N5O2S. The SMILES string of the molecule is O=C(c1cc2c(cn1)c(-c1csc3cnccc13)nn2CC(F)(F)F)N1CCCOCC1. The van der Waals surface area contributed by atoms with Crippen LogP contribution in [-0.4, -0.2) is 63.0 Å². The number of fused-ring (bicyclic) bond motifs is 2. The van der Waals surface area contributed by atoms with E-state index in [9.17, 15) is 18.0 Å². The number of halogens is 3. The van der Waals surface area contributed by atoms with Gasteiger partial charge in [-0.05, 0) is 18.6 Å².